The third-order valence-corrected chi connectivity index (χ3v) is 4.09. The molecule has 2 amide bonds. The first-order valence-electron chi connectivity index (χ1n) is 7.10. The van der Waals surface area contributed by atoms with Gasteiger partial charge in [-0.05, 0) is 18.4 Å². The van der Waals surface area contributed by atoms with Gasteiger partial charge in [0.05, 0.1) is 18.8 Å². The molecule has 0 saturated heterocycles. The predicted octanol–water partition coefficient (Wildman–Crippen LogP) is 1.72. The van der Waals surface area contributed by atoms with Crippen LogP contribution in [0.25, 0.3) is 0 Å². The van der Waals surface area contributed by atoms with Gasteiger partial charge in [-0.15, -0.1) is 11.3 Å². The lowest BCUT2D eigenvalue weighted by Crippen LogP contribution is -2.38. The Balaban J connectivity index is 1.89. The summed E-state index contributed by atoms with van der Waals surface area (Å²) in [5, 5.41) is 7.71. The monoisotopic (exact) mass is 320 g/mol. The minimum Gasteiger partial charge on any atom is -0.352 e. The van der Waals surface area contributed by atoms with Crippen molar-refractivity contribution in [3.63, 3.8) is 0 Å². The zero-order valence-corrected chi connectivity index (χ0v) is 13.5. The summed E-state index contributed by atoms with van der Waals surface area (Å²) in [4.78, 5) is 28.5. The van der Waals surface area contributed by atoms with Gasteiger partial charge in [0.15, 0.2) is 0 Å². The van der Waals surface area contributed by atoms with Crippen LogP contribution in [0.15, 0.2) is 36.2 Å². The van der Waals surface area contributed by atoms with Crippen LogP contribution < -0.4 is 10.6 Å². The fourth-order valence-electron chi connectivity index (χ4n) is 2.23. The van der Waals surface area contributed by atoms with E-state index in [1.54, 1.807) is 12.5 Å². The standard InChI is InChI=1S/C15H20N4O2S/c1-11(9-19-6-5-16-10-19)17-15(21)8-13(18-12(2)20)14-4-3-7-22-14/h3-7,10-11,13H,8-9H2,1-2H3,(H,17,21)(H,18,20)/t11-,13-/m1/s1. The highest BCUT2D eigenvalue weighted by Gasteiger charge is 2.19. The van der Waals surface area contributed by atoms with E-state index in [9.17, 15) is 9.59 Å². The minimum atomic E-state index is -0.280. The number of aromatic nitrogens is 2. The molecule has 0 spiro atoms. The SMILES string of the molecule is CC(=O)N[C@H](CC(=O)N[C@H](C)Cn1ccnc1)c1cccs1. The van der Waals surface area contributed by atoms with Crippen LogP contribution in [0.5, 0.6) is 0 Å². The highest BCUT2D eigenvalue weighted by Crippen LogP contribution is 2.22. The number of hydrogen-bond donors (Lipinski definition) is 2. The van der Waals surface area contributed by atoms with Gasteiger partial charge in [0.1, 0.15) is 0 Å². The van der Waals surface area contributed by atoms with Gasteiger partial charge in [-0.25, -0.2) is 4.98 Å². The molecule has 2 aromatic heterocycles. The van der Waals surface area contributed by atoms with Crippen LogP contribution >= 0.6 is 11.3 Å². The predicted molar refractivity (Wildman–Crippen MR) is 85.3 cm³/mol. The molecule has 0 aliphatic carbocycles. The smallest absolute Gasteiger partial charge is 0.222 e. The Bertz CT molecular complexity index is 595. The van der Waals surface area contributed by atoms with Crippen LogP contribution in [-0.4, -0.2) is 27.4 Å². The molecule has 0 bridgehead atoms. The fraction of sp³-hybridized carbons (Fsp3) is 0.400. The molecule has 6 nitrogen and oxygen atoms in total. The number of carbonyl (C=O) groups is 2. The van der Waals surface area contributed by atoms with E-state index in [1.807, 2.05) is 35.2 Å². The molecule has 22 heavy (non-hydrogen) atoms. The molecular weight excluding hydrogens is 300 g/mol. The molecule has 0 aliphatic rings. The van der Waals surface area contributed by atoms with E-state index in [0.29, 0.717) is 6.54 Å². The average molecular weight is 320 g/mol. The highest BCUT2D eigenvalue weighted by molar-refractivity contribution is 7.10. The molecule has 2 aromatic rings. The molecule has 0 aromatic carbocycles. The zero-order valence-electron chi connectivity index (χ0n) is 12.7. The maximum atomic E-state index is 12.2. The number of rotatable bonds is 7. The number of imidazole rings is 1. The van der Waals surface area contributed by atoms with Gasteiger partial charge in [-0.3, -0.25) is 9.59 Å². The van der Waals surface area contributed by atoms with Gasteiger partial charge < -0.3 is 15.2 Å². The summed E-state index contributed by atoms with van der Waals surface area (Å²) in [7, 11) is 0. The zero-order chi connectivity index (χ0) is 15.9. The van der Waals surface area contributed by atoms with Gasteiger partial charge in [-0.2, -0.15) is 0 Å². The van der Waals surface area contributed by atoms with Crippen molar-refractivity contribution in [2.45, 2.75) is 38.9 Å². The maximum Gasteiger partial charge on any atom is 0.222 e. The number of hydrogen-bond acceptors (Lipinski definition) is 4. The second kappa shape index (κ2) is 7.74. The topological polar surface area (TPSA) is 76.0 Å². The van der Waals surface area contributed by atoms with Crippen molar-refractivity contribution < 1.29 is 9.59 Å². The lowest BCUT2D eigenvalue weighted by Gasteiger charge is -2.19. The second-order valence-corrected chi connectivity index (χ2v) is 6.18. The summed E-state index contributed by atoms with van der Waals surface area (Å²) in [6.07, 6.45) is 5.51. The van der Waals surface area contributed by atoms with Crippen molar-refractivity contribution in [3.8, 4) is 0 Å². The average Bonchev–Trinajstić information content (AvgIpc) is 3.09. The first-order valence-corrected chi connectivity index (χ1v) is 7.98. The molecule has 2 heterocycles. The molecular formula is C15H20N4O2S. The van der Waals surface area contributed by atoms with Crippen molar-refractivity contribution in [2.75, 3.05) is 0 Å². The summed E-state index contributed by atoms with van der Waals surface area (Å²) in [6, 6.07) is 3.54. The van der Waals surface area contributed by atoms with E-state index in [4.69, 9.17) is 0 Å². The Morgan fingerprint density at radius 1 is 1.41 bits per heavy atom. The largest absolute Gasteiger partial charge is 0.352 e. The third-order valence-electron chi connectivity index (χ3n) is 3.10. The summed E-state index contributed by atoms with van der Waals surface area (Å²) in [5.74, 6) is -0.225. The van der Waals surface area contributed by atoms with E-state index in [0.717, 1.165) is 4.88 Å². The van der Waals surface area contributed by atoms with Crippen LogP contribution in [0.2, 0.25) is 0 Å². The highest BCUT2D eigenvalue weighted by atomic mass is 32.1. The Labute approximate surface area is 133 Å². The van der Waals surface area contributed by atoms with Crippen molar-refractivity contribution in [3.05, 3.63) is 41.1 Å². The van der Waals surface area contributed by atoms with Crippen LogP contribution in [0.4, 0.5) is 0 Å². The molecule has 7 heteroatoms. The lowest BCUT2D eigenvalue weighted by molar-refractivity contribution is -0.123. The van der Waals surface area contributed by atoms with Crippen molar-refractivity contribution in [2.24, 2.45) is 0 Å². The number of carbonyl (C=O) groups excluding carboxylic acids is 2. The van der Waals surface area contributed by atoms with Crippen molar-refractivity contribution in [1.82, 2.24) is 20.2 Å². The Morgan fingerprint density at radius 3 is 2.82 bits per heavy atom. The van der Waals surface area contributed by atoms with Gasteiger partial charge >= 0.3 is 0 Å². The minimum absolute atomic E-state index is 0.0111. The maximum absolute atomic E-state index is 12.2. The molecule has 0 radical (unpaired) electrons. The van der Waals surface area contributed by atoms with Crippen LogP contribution in [0.1, 0.15) is 31.2 Å². The van der Waals surface area contributed by atoms with Crippen LogP contribution in [0.3, 0.4) is 0 Å². The third kappa shape index (κ3) is 5.00. The quantitative estimate of drug-likeness (QED) is 0.815. The van der Waals surface area contributed by atoms with E-state index in [1.165, 1.54) is 18.3 Å². The first-order chi connectivity index (χ1) is 10.5. The summed E-state index contributed by atoms with van der Waals surface area (Å²) >= 11 is 1.53. The van der Waals surface area contributed by atoms with Gasteiger partial charge in [0.25, 0.3) is 0 Å². The summed E-state index contributed by atoms with van der Waals surface area (Å²) < 4.78 is 1.91. The number of nitrogens with zero attached hydrogens (tertiary/aromatic N) is 2. The molecule has 0 aliphatic heterocycles. The van der Waals surface area contributed by atoms with E-state index < -0.39 is 0 Å². The first kappa shape index (κ1) is 16.2. The Hall–Kier alpha value is -2.15. The van der Waals surface area contributed by atoms with Gasteiger partial charge in [0.2, 0.25) is 11.8 Å². The molecule has 118 valence electrons. The van der Waals surface area contributed by atoms with E-state index in [-0.39, 0.29) is 30.3 Å². The Kier molecular flexibility index (Phi) is 5.71. The molecule has 0 saturated carbocycles. The van der Waals surface area contributed by atoms with Gasteiger partial charge in [-0.1, -0.05) is 6.07 Å². The van der Waals surface area contributed by atoms with Crippen LogP contribution in [-0.2, 0) is 16.1 Å². The fourth-order valence-corrected chi connectivity index (χ4v) is 3.01. The summed E-state index contributed by atoms with van der Waals surface area (Å²) in [5.41, 5.74) is 0. The van der Waals surface area contributed by atoms with E-state index in [2.05, 4.69) is 15.6 Å². The van der Waals surface area contributed by atoms with Crippen molar-refractivity contribution in [1.29, 1.82) is 0 Å². The molecule has 0 unspecified atom stereocenters. The number of thiophene rings is 1. The van der Waals surface area contributed by atoms with Crippen LogP contribution in [0, 0.1) is 0 Å². The molecule has 2 rings (SSSR count). The normalized spacial score (nSPS) is 13.4. The molecule has 2 N–H and O–H groups in total. The van der Waals surface area contributed by atoms with Crippen molar-refractivity contribution >= 4 is 23.2 Å². The number of amides is 2. The molecule has 0 fully saturated rings. The molecule has 2 atom stereocenters. The second-order valence-electron chi connectivity index (χ2n) is 5.20. The Morgan fingerprint density at radius 2 is 2.23 bits per heavy atom. The van der Waals surface area contributed by atoms with E-state index >= 15 is 0 Å². The van der Waals surface area contributed by atoms with Gasteiger partial charge in [0, 0.05) is 36.8 Å². The lowest BCUT2D eigenvalue weighted by atomic mass is 10.1. The summed E-state index contributed by atoms with van der Waals surface area (Å²) in [6.45, 7) is 4.06. The number of nitrogens with one attached hydrogen (secondary N) is 2.